The van der Waals surface area contributed by atoms with Gasteiger partial charge in [0.2, 0.25) is 0 Å². The van der Waals surface area contributed by atoms with E-state index in [2.05, 4.69) is 10.5 Å². The largest absolute Gasteiger partial charge is 0.278 e. The molecule has 0 spiro atoms. The standard InChI is InChI=1S/C12H10Cl2N2S/c1-8(12-3-2-6-17-12)15-16-9-4-5-10(13)11(14)7-9/h2-7,16H,1H3/b15-8-. The molecule has 0 fully saturated rings. The molecular weight excluding hydrogens is 275 g/mol. The first-order valence-electron chi connectivity index (χ1n) is 4.96. The van der Waals surface area contributed by atoms with Crippen molar-refractivity contribution in [3.8, 4) is 0 Å². The lowest BCUT2D eigenvalue weighted by Crippen LogP contribution is -1.97. The van der Waals surface area contributed by atoms with Crippen molar-refractivity contribution in [1.82, 2.24) is 0 Å². The molecule has 2 aromatic rings. The van der Waals surface area contributed by atoms with Gasteiger partial charge in [-0.2, -0.15) is 5.10 Å². The third-order valence-electron chi connectivity index (χ3n) is 2.15. The van der Waals surface area contributed by atoms with Gasteiger partial charge >= 0.3 is 0 Å². The highest BCUT2D eigenvalue weighted by molar-refractivity contribution is 7.12. The summed E-state index contributed by atoms with van der Waals surface area (Å²) in [6, 6.07) is 9.34. The summed E-state index contributed by atoms with van der Waals surface area (Å²) >= 11 is 13.4. The van der Waals surface area contributed by atoms with Crippen molar-refractivity contribution in [2.75, 3.05) is 5.43 Å². The number of nitrogens with zero attached hydrogens (tertiary/aromatic N) is 1. The summed E-state index contributed by atoms with van der Waals surface area (Å²) in [6.07, 6.45) is 0. The van der Waals surface area contributed by atoms with E-state index in [1.165, 1.54) is 0 Å². The molecular formula is C12H10Cl2N2S. The summed E-state index contributed by atoms with van der Waals surface area (Å²) in [4.78, 5) is 1.14. The Hall–Kier alpha value is -1.03. The second-order valence-corrected chi connectivity index (χ2v) is 5.18. The smallest absolute Gasteiger partial charge is 0.0747 e. The summed E-state index contributed by atoms with van der Waals surface area (Å²) in [5, 5.41) is 7.36. The van der Waals surface area contributed by atoms with Crippen molar-refractivity contribution in [2.45, 2.75) is 6.92 Å². The number of hydrazone groups is 1. The Bertz CT molecular complexity index is 535. The number of hydrogen-bond acceptors (Lipinski definition) is 3. The fourth-order valence-electron chi connectivity index (χ4n) is 1.25. The van der Waals surface area contributed by atoms with Gasteiger partial charge in [0.1, 0.15) is 0 Å². The molecule has 0 aliphatic heterocycles. The van der Waals surface area contributed by atoms with E-state index in [0.717, 1.165) is 16.3 Å². The Balaban J connectivity index is 2.11. The Morgan fingerprint density at radius 3 is 2.71 bits per heavy atom. The van der Waals surface area contributed by atoms with Crippen molar-refractivity contribution >= 4 is 45.9 Å². The van der Waals surface area contributed by atoms with Crippen molar-refractivity contribution in [3.05, 3.63) is 50.6 Å². The fourth-order valence-corrected chi connectivity index (χ4v) is 2.23. The van der Waals surface area contributed by atoms with Crippen molar-refractivity contribution in [2.24, 2.45) is 5.10 Å². The van der Waals surface area contributed by atoms with Crippen LogP contribution in [-0.2, 0) is 0 Å². The van der Waals surface area contributed by atoms with Crippen molar-refractivity contribution < 1.29 is 0 Å². The summed E-state index contributed by atoms with van der Waals surface area (Å²) in [7, 11) is 0. The zero-order valence-corrected chi connectivity index (χ0v) is 11.4. The minimum absolute atomic E-state index is 0.514. The SMILES string of the molecule is C/C(=N/Nc1ccc(Cl)c(Cl)c1)c1cccs1. The summed E-state index contributed by atoms with van der Waals surface area (Å²) in [5.74, 6) is 0. The highest BCUT2D eigenvalue weighted by Gasteiger charge is 2.00. The molecule has 1 aromatic heterocycles. The Morgan fingerprint density at radius 1 is 1.24 bits per heavy atom. The minimum atomic E-state index is 0.514. The molecule has 0 aliphatic rings. The maximum atomic E-state index is 5.91. The fraction of sp³-hybridized carbons (Fsp3) is 0.0833. The molecule has 0 saturated heterocycles. The van der Waals surface area contributed by atoms with Crippen LogP contribution in [0, 0.1) is 0 Å². The summed E-state index contributed by atoms with van der Waals surface area (Å²) in [5.41, 5.74) is 4.70. The summed E-state index contributed by atoms with van der Waals surface area (Å²) in [6.45, 7) is 1.95. The van der Waals surface area contributed by atoms with Gasteiger partial charge in [-0.15, -0.1) is 11.3 Å². The lowest BCUT2D eigenvalue weighted by atomic mass is 10.3. The first kappa shape index (κ1) is 12.4. The maximum Gasteiger partial charge on any atom is 0.0747 e. The topological polar surface area (TPSA) is 24.4 Å². The van der Waals surface area contributed by atoms with Crippen LogP contribution < -0.4 is 5.43 Å². The molecule has 5 heteroatoms. The van der Waals surface area contributed by atoms with Crippen molar-refractivity contribution in [1.29, 1.82) is 0 Å². The first-order chi connectivity index (χ1) is 8.16. The molecule has 1 heterocycles. The van der Waals surface area contributed by atoms with Gasteiger partial charge in [0.15, 0.2) is 0 Å². The van der Waals surface area contributed by atoms with E-state index in [4.69, 9.17) is 23.2 Å². The van der Waals surface area contributed by atoms with E-state index in [9.17, 15) is 0 Å². The van der Waals surface area contributed by atoms with Crippen LogP contribution in [0.3, 0.4) is 0 Å². The highest BCUT2D eigenvalue weighted by Crippen LogP contribution is 2.25. The predicted molar refractivity (Wildman–Crippen MR) is 76.6 cm³/mol. The molecule has 0 saturated carbocycles. The molecule has 0 aliphatic carbocycles. The minimum Gasteiger partial charge on any atom is -0.278 e. The van der Waals surface area contributed by atoms with Crippen LogP contribution in [-0.4, -0.2) is 5.71 Å². The number of benzene rings is 1. The normalized spacial score (nSPS) is 11.6. The molecule has 0 radical (unpaired) electrons. The first-order valence-corrected chi connectivity index (χ1v) is 6.59. The Kier molecular flexibility index (Phi) is 4.05. The average molecular weight is 285 g/mol. The third-order valence-corrected chi connectivity index (χ3v) is 3.87. The number of halogens is 2. The monoisotopic (exact) mass is 284 g/mol. The highest BCUT2D eigenvalue weighted by atomic mass is 35.5. The zero-order valence-electron chi connectivity index (χ0n) is 9.08. The number of thiophene rings is 1. The predicted octanol–water partition coefficient (Wildman–Crippen LogP) is 4.89. The number of hydrogen-bond donors (Lipinski definition) is 1. The molecule has 1 N–H and O–H groups in total. The molecule has 88 valence electrons. The average Bonchev–Trinajstić information content (AvgIpc) is 2.84. The Morgan fingerprint density at radius 2 is 2.06 bits per heavy atom. The van der Waals surface area contributed by atoms with Crippen LogP contribution in [0.2, 0.25) is 10.0 Å². The van der Waals surface area contributed by atoms with Crippen LogP contribution in [0.15, 0.2) is 40.8 Å². The van der Waals surface area contributed by atoms with Gasteiger partial charge in [-0.1, -0.05) is 29.3 Å². The van der Waals surface area contributed by atoms with Gasteiger partial charge < -0.3 is 0 Å². The van der Waals surface area contributed by atoms with Crippen LogP contribution in [0.4, 0.5) is 5.69 Å². The van der Waals surface area contributed by atoms with Crippen LogP contribution in [0.1, 0.15) is 11.8 Å². The molecule has 0 amide bonds. The van der Waals surface area contributed by atoms with E-state index < -0.39 is 0 Å². The van der Waals surface area contributed by atoms with Gasteiger partial charge in [0.05, 0.1) is 21.4 Å². The van der Waals surface area contributed by atoms with E-state index in [1.807, 2.05) is 30.5 Å². The lowest BCUT2D eigenvalue weighted by molar-refractivity contribution is 1.33. The lowest BCUT2D eigenvalue weighted by Gasteiger charge is -2.03. The molecule has 0 bridgehead atoms. The molecule has 2 rings (SSSR count). The van der Waals surface area contributed by atoms with Crippen molar-refractivity contribution in [3.63, 3.8) is 0 Å². The van der Waals surface area contributed by atoms with Gasteiger partial charge in [-0.05, 0) is 36.6 Å². The van der Waals surface area contributed by atoms with Crippen LogP contribution in [0.25, 0.3) is 0 Å². The number of anilines is 1. The number of rotatable bonds is 3. The van der Waals surface area contributed by atoms with E-state index in [-0.39, 0.29) is 0 Å². The van der Waals surface area contributed by atoms with E-state index >= 15 is 0 Å². The van der Waals surface area contributed by atoms with E-state index in [0.29, 0.717) is 10.0 Å². The van der Waals surface area contributed by atoms with Gasteiger partial charge in [0.25, 0.3) is 0 Å². The van der Waals surface area contributed by atoms with Gasteiger partial charge in [-0.25, -0.2) is 0 Å². The number of nitrogens with one attached hydrogen (secondary N) is 1. The zero-order chi connectivity index (χ0) is 12.3. The second kappa shape index (κ2) is 5.54. The molecule has 2 nitrogen and oxygen atoms in total. The third kappa shape index (κ3) is 3.22. The summed E-state index contributed by atoms with van der Waals surface area (Å²) < 4.78 is 0. The molecule has 0 atom stereocenters. The quantitative estimate of drug-likeness (QED) is 0.630. The second-order valence-electron chi connectivity index (χ2n) is 3.42. The maximum absolute atomic E-state index is 5.91. The molecule has 0 unspecified atom stereocenters. The van der Waals surface area contributed by atoms with Crippen LogP contribution in [0.5, 0.6) is 0 Å². The molecule has 17 heavy (non-hydrogen) atoms. The van der Waals surface area contributed by atoms with Gasteiger partial charge in [-0.3, -0.25) is 5.43 Å². The Labute approximate surface area is 114 Å². The molecule has 1 aromatic carbocycles. The van der Waals surface area contributed by atoms with Crippen LogP contribution >= 0.6 is 34.5 Å². The van der Waals surface area contributed by atoms with E-state index in [1.54, 1.807) is 23.5 Å². The van der Waals surface area contributed by atoms with Gasteiger partial charge in [0, 0.05) is 4.88 Å².